The average molecular weight is 375 g/mol. The van der Waals surface area contributed by atoms with Crippen molar-refractivity contribution >= 4 is 23.7 Å². The number of hydrogen-bond acceptors (Lipinski definition) is 5. The summed E-state index contributed by atoms with van der Waals surface area (Å²) in [6, 6.07) is -0.544. The Morgan fingerprint density at radius 1 is 1.07 bits per heavy atom. The maximum atomic E-state index is 12.9. The number of imide groups is 1. The Kier molecular flexibility index (Phi) is 5.08. The van der Waals surface area contributed by atoms with Gasteiger partial charge < -0.3 is 15.0 Å². The molecule has 8 nitrogen and oxygen atoms in total. The number of amides is 3. The van der Waals surface area contributed by atoms with Crippen LogP contribution in [0.2, 0.25) is 0 Å². The molecule has 0 aromatic carbocycles. The molecule has 1 aliphatic carbocycles. The molecule has 0 radical (unpaired) electrons. The van der Waals surface area contributed by atoms with Gasteiger partial charge in [-0.25, -0.2) is 9.59 Å². The van der Waals surface area contributed by atoms with Crippen LogP contribution < -0.4 is 5.32 Å². The van der Waals surface area contributed by atoms with Gasteiger partial charge in [-0.05, 0) is 33.6 Å². The molecule has 0 bridgehead atoms. The molecule has 1 aromatic heterocycles. The van der Waals surface area contributed by atoms with Gasteiger partial charge in [0.25, 0.3) is 5.91 Å². The fourth-order valence-corrected chi connectivity index (χ4v) is 4.12. The van der Waals surface area contributed by atoms with E-state index in [-0.39, 0.29) is 23.6 Å². The normalized spacial score (nSPS) is 18.7. The minimum atomic E-state index is -0.872. The molecule has 27 heavy (non-hydrogen) atoms. The number of nitrogens with one attached hydrogen (secondary N) is 2. The van der Waals surface area contributed by atoms with Crippen molar-refractivity contribution in [2.75, 3.05) is 13.2 Å². The van der Waals surface area contributed by atoms with Crippen molar-refractivity contribution in [2.45, 2.75) is 58.4 Å². The van der Waals surface area contributed by atoms with Gasteiger partial charge in [0, 0.05) is 11.4 Å². The van der Waals surface area contributed by atoms with E-state index in [1.165, 1.54) is 0 Å². The second kappa shape index (κ2) is 7.17. The first-order chi connectivity index (χ1) is 12.8. The summed E-state index contributed by atoms with van der Waals surface area (Å²) in [5.41, 5.74) is 0.507. The van der Waals surface area contributed by atoms with Crippen LogP contribution in [0.4, 0.5) is 4.79 Å². The van der Waals surface area contributed by atoms with Crippen LogP contribution in [0.25, 0.3) is 0 Å². The average Bonchev–Trinajstić information content (AvgIpc) is 3.04. The Bertz CT molecular complexity index is 805. The number of nitrogens with zero attached hydrogens (tertiary/aromatic N) is 1. The molecule has 1 aromatic rings. The number of carbonyl (C=O) groups excluding carboxylic acids is 4. The summed E-state index contributed by atoms with van der Waals surface area (Å²) in [7, 11) is 0. The number of ether oxygens (including phenoxy) is 1. The first kappa shape index (κ1) is 19.1. The molecule has 146 valence electrons. The number of Topliss-reactive ketones (excluding diaryl/α,β-unsaturated/α-hetero) is 1. The van der Waals surface area contributed by atoms with Crippen LogP contribution in [0.15, 0.2) is 0 Å². The Morgan fingerprint density at radius 3 is 2.33 bits per heavy atom. The molecule has 3 rings (SSSR count). The third-order valence-corrected chi connectivity index (χ3v) is 5.39. The molecular weight excluding hydrogens is 350 g/mol. The van der Waals surface area contributed by atoms with Crippen LogP contribution >= 0.6 is 0 Å². The van der Waals surface area contributed by atoms with Crippen molar-refractivity contribution < 1.29 is 23.9 Å². The first-order valence-electron chi connectivity index (χ1n) is 9.34. The van der Waals surface area contributed by atoms with E-state index >= 15 is 0 Å². The minimum Gasteiger partial charge on any atom is -0.462 e. The molecule has 1 saturated carbocycles. The highest BCUT2D eigenvalue weighted by Crippen LogP contribution is 2.34. The van der Waals surface area contributed by atoms with Gasteiger partial charge >= 0.3 is 12.0 Å². The van der Waals surface area contributed by atoms with E-state index in [4.69, 9.17) is 4.74 Å². The van der Waals surface area contributed by atoms with E-state index in [0.717, 1.165) is 24.2 Å². The lowest BCUT2D eigenvalue weighted by molar-refractivity contribution is -0.132. The van der Waals surface area contributed by atoms with Gasteiger partial charge in [0.1, 0.15) is 5.54 Å². The molecule has 1 saturated heterocycles. The molecule has 0 atom stereocenters. The summed E-state index contributed by atoms with van der Waals surface area (Å²) in [6.07, 6.45) is 3.97. The Labute approximate surface area is 157 Å². The summed E-state index contributed by atoms with van der Waals surface area (Å²) in [6.45, 7) is 4.84. The standard InChI is InChI=1S/C19H25N3O5/c1-4-27-16(24)15-12(3)20-11(2)14(15)13(23)10-22-17(25)19(21-18(22)26)8-6-5-7-9-19/h20H,4-10H2,1-3H3,(H,21,26). The SMILES string of the molecule is CCOC(=O)c1c(C)[nH]c(C)c1C(=O)CN1C(=O)NC2(CCCCC2)C1=O. The molecule has 2 N–H and O–H groups in total. The highest BCUT2D eigenvalue weighted by atomic mass is 16.5. The smallest absolute Gasteiger partial charge is 0.340 e. The second-order valence-corrected chi connectivity index (χ2v) is 7.23. The first-order valence-corrected chi connectivity index (χ1v) is 9.34. The van der Waals surface area contributed by atoms with E-state index in [9.17, 15) is 19.2 Å². The highest BCUT2D eigenvalue weighted by Gasteiger charge is 2.51. The number of aromatic nitrogens is 1. The van der Waals surface area contributed by atoms with E-state index in [1.54, 1.807) is 20.8 Å². The van der Waals surface area contributed by atoms with Gasteiger partial charge in [0.15, 0.2) is 5.78 Å². The van der Waals surface area contributed by atoms with Gasteiger partial charge in [-0.15, -0.1) is 0 Å². The van der Waals surface area contributed by atoms with Gasteiger partial charge in [-0.3, -0.25) is 14.5 Å². The number of aryl methyl sites for hydroxylation is 2. The topological polar surface area (TPSA) is 109 Å². The number of carbonyl (C=O) groups is 4. The molecule has 1 spiro atoms. The third-order valence-electron chi connectivity index (χ3n) is 5.39. The number of ketones is 1. The number of urea groups is 1. The van der Waals surface area contributed by atoms with Gasteiger partial charge in [-0.2, -0.15) is 0 Å². The quantitative estimate of drug-likeness (QED) is 0.466. The predicted octanol–water partition coefficient (Wildman–Crippen LogP) is 2.25. The largest absolute Gasteiger partial charge is 0.462 e. The maximum absolute atomic E-state index is 12.9. The molecule has 8 heteroatoms. The Balaban J connectivity index is 1.85. The van der Waals surface area contributed by atoms with Gasteiger partial charge in [0.2, 0.25) is 0 Å². The lowest BCUT2D eigenvalue weighted by Crippen LogP contribution is -2.48. The third kappa shape index (κ3) is 3.24. The number of rotatable bonds is 5. The summed E-state index contributed by atoms with van der Waals surface area (Å²) in [5.74, 6) is -1.40. The maximum Gasteiger partial charge on any atom is 0.340 e. The van der Waals surface area contributed by atoms with Crippen LogP contribution in [0.3, 0.4) is 0 Å². The molecule has 2 heterocycles. The zero-order valence-corrected chi connectivity index (χ0v) is 15.9. The fourth-order valence-electron chi connectivity index (χ4n) is 4.12. The molecule has 2 aliphatic rings. The zero-order chi connectivity index (χ0) is 19.8. The molecular formula is C19H25N3O5. The van der Waals surface area contributed by atoms with Crippen LogP contribution in [-0.4, -0.2) is 52.3 Å². The van der Waals surface area contributed by atoms with Crippen LogP contribution in [0, 0.1) is 13.8 Å². The Hall–Kier alpha value is -2.64. The Morgan fingerprint density at radius 2 is 1.70 bits per heavy atom. The molecule has 0 unspecified atom stereocenters. The van der Waals surface area contributed by atoms with Crippen molar-refractivity contribution in [2.24, 2.45) is 0 Å². The lowest BCUT2D eigenvalue weighted by Gasteiger charge is -2.30. The predicted molar refractivity (Wildman–Crippen MR) is 96.6 cm³/mol. The van der Waals surface area contributed by atoms with Gasteiger partial charge in [0.05, 0.1) is 24.3 Å². The molecule has 3 amide bonds. The number of hydrogen-bond donors (Lipinski definition) is 2. The summed E-state index contributed by atoms with van der Waals surface area (Å²) in [5, 5.41) is 2.79. The summed E-state index contributed by atoms with van der Waals surface area (Å²) >= 11 is 0. The van der Waals surface area contributed by atoms with Crippen LogP contribution in [-0.2, 0) is 9.53 Å². The van der Waals surface area contributed by atoms with Gasteiger partial charge in [-0.1, -0.05) is 19.3 Å². The van der Waals surface area contributed by atoms with Crippen molar-refractivity contribution in [1.82, 2.24) is 15.2 Å². The lowest BCUT2D eigenvalue weighted by atomic mass is 9.82. The van der Waals surface area contributed by atoms with E-state index < -0.39 is 29.9 Å². The molecule has 1 aliphatic heterocycles. The van der Waals surface area contributed by atoms with E-state index in [0.29, 0.717) is 24.2 Å². The van der Waals surface area contributed by atoms with Crippen LogP contribution in [0.5, 0.6) is 0 Å². The zero-order valence-electron chi connectivity index (χ0n) is 15.9. The fraction of sp³-hybridized carbons (Fsp3) is 0.579. The monoisotopic (exact) mass is 375 g/mol. The minimum absolute atomic E-state index is 0.166. The summed E-state index contributed by atoms with van der Waals surface area (Å²) < 4.78 is 5.04. The number of H-pyrrole nitrogens is 1. The van der Waals surface area contributed by atoms with Crippen molar-refractivity contribution in [3.63, 3.8) is 0 Å². The molecule has 2 fully saturated rings. The highest BCUT2D eigenvalue weighted by molar-refractivity contribution is 6.14. The summed E-state index contributed by atoms with van der Waals surface area (Å²) in [4.78, 5) is 54.4. The number of aromatic amines is 1. The van der Waals surface area contributed by atoms with Crippen molar-refractivity contribution in [3.05, 3.63) is 22.5 Å². The number of esters is 1. The van der Waals surface area contributed by atoms with Crippen LogP contribution in [0.1, 0.15) is 71.1 Å². The van der Waals surface area contributed by atoms with Crippen molar-refractivity contribution in [1.29, 1.82) is 0 Å². The van der Waals surface area contributed by atoms with E-state index in [1.807, 2.05) is 0 Å². The second-order valence-electron chi connectivity index (χ2n) is 7.23. The van der Waals surface area contributed by atoms with E-state index in [2.05, 4.69) is 10.3 Å². The van der Waals surface area contributed by atoms with Crippen molar-refractivity contribution in [3.8, 4) is 0 Å².